The van der Waals surface area contributed by atoms with E-state index >= 15 is 0 Å². The first-order valence-electron chi connectivity index (χ1n) is 7.24. The number of halogens is 1. The van der Waals surface area contributed by atoms with Gasteiger partial charge in [-0.2, -0.15) is 5.10 Å². The van der Waals surface area contributed by atoms with Gasteiger partial charge in [-0.3, -0.25) is 4.79 Å². The predicted molar refractivity (Wildman–Crippen MR) is 94.0 cm³/mol. The van der Waals surface area contributed by atoms with Crippen molar-refractivity contribution in [3.8, 4) is 0 Å². The van der Waals surface area contributed by atoms with Crippen molar-refractivity contribution in [2.24, 2.45) is 11.0 Å². The summed E-state index contributed by atoms with van der Waals surface area (Å²) >= 11 is 3.36. The lowest BCUT2D eigenvalue weighted by Gasteiger charge is -2.10. The molecule has 0 saturated carbocycles. The molecule has 0 aliphatic carbocycles. The fraction of sp³-hybridized carbons (Fsp3) is 0.222. The van der Waals surface area contributed by atoms with Crippen molar-refractivity contribution in [2.75, 3.05) is 0 Å². The van der Waals surface area contributed by atoms with E-state index in [1.54, 1.807) is 12.1 Å². The quantitative estimate of drug-likeness (QED) is 0.614. The van der Waals surface area contributed by atoms with Crippen molar-refractivity contribution in [3.05, 3.63) is 70.2 Å². The van der Waals surface area contributed by atoms with E-state index in [9.17, 15) is 4.79 Å². The first kappa shape index (κ1) is 16.4. The Morgan fingerprint density at radius 1 is 1.09 bits per heavy atom. The van der Waals surface area contributed by atoms with Gasteiger partial charge in [0.15, 0.2) is 0 Å². The zero-order chi connectivity index (χ0) is 15.9. The molecule has 4 heteroatoms. The lowest BCUT2D eigenvalue weighted by Crippen LogP contribution is -2.20. The molecule has 1 amide bonds. The van der Waals surface area contributed by atoms with Gasteiger partial charge < -0.3 is 0 Å². The Morgan fingerprint density at radius 3 is 2.41 bits per heavy atom. The number of hydrogen-bond acceptors (Lipinski definition) is 2. The van der Waals surface area contributed by atoms with E-state index < -0.39 is 0 Å². The second kappa shape index (κ2) is 7.90. The van der Waals surface area contributed by atoms with Gasteiger partial charge in [0.25, 0.3) is 5.91 Å². The minimum atomic E-state index is -0.210. The largest absolute Gasteiger partial charge is 0.271 e. The topological polar surface area (TPSA) is 41.5 Å². The van der Waals surface area contributed by atoms with Crippen LogP contribution in [0.2, 0.25) is 0 Å². The Hall–Kier alpha value is -1.94. The molecule has 1 N–H and O–H groups in total. The van der Waals surface area contributed by atoms with Crippen LogP contribution in [0.25, 0.3) is 0 Å². The third kappa shape index (κ3) is 4.81. The molecule has 114 valence electrons. The SMILES string of the molecule is CC(C)C/C(=N\NC(=O)c1cccc(Br)c1)c1ccccc1. The number of nitrogens with zero attached hydrogens (tertiary/aromatic N) is 1. The van der Waals surface area contributed by atoms with Gasteiger partial charge in [-0.15, -0.1) is 0 Å². The fourth-order valence-electron chi connectivity index (χ4n) is 2.06. The summed E-state index contributed by atoms with van der Waals surface area (Å²) in [6.07, 6.45) is 0.808. The number of benzene rings is 2. The molecule has 0 radical (unpaired) electrons. The molecule has 0 aliphatic heterocycles. The lowest BCUT2D eigenvalue weighted by atomic mass is 10.0. The van der Waals surface area contributed by atoms with Gasteiger partial charge in [0.05, 0.1) is 5.71 Å². The van der Waals surface area contributed by atoms with Crippen molar-refractivity contribution in [3.63, 3.8) is 0 Å². The molecule has 0 spiro atoms. The molecule has 0 heterocycles. The molecule has 0 aromatic heterocycles. The Labute approximate surface area is 139 Å². The van der Waals surface area contributed by atoms with Crippen LogP contribution in [-0.4, -0.2) is 11.6 Å². The van der Waals surface area contributed by atoms with E-state index in [-0.39, 0.29) is 5.91 Å². The maximum atomic E-state index is 12.2. The second-order valence-corrected chi connectivity index (χ2v) is 6.39. The zero-order valence-electron chi connectivity index (χ0n) is 12.7. The van der Waals surface area contributed by atoms with Gasteiger partial charge in [0.1, 0.15) is 0 Å². The van der Waals surface area contributed by atoms with Crippen LogP contribution in [0.3, 0.4) is 0 Å². The van der Waals surface area contributed by atoms with Gasteiger partial charge >= 0.3 is 0 Å². The smallest absolute Gasteiger partial charge is 0.267 e. The van der Waals surface area contributed by atoms with E-state index in [1.807, 2.05) is 42.5 Å². The van der Waals surface area contributed by atoms with Crippen molar-refractivity contribution in [2.45, 2.75) is 20.3 Å². The summed E-state index contributed by atoms with van der Waals surface area (Å²) in [7, 11) is 0. The average molecular weight is 359 g/mol. The number of hydrazone groups is 1. The highest BCUT2D eigenvalue weighted by atomic mass is 79.9. The summed E-state index contributed by atoms with van der Waals surface area (Å²) in [6, 6.07) is 17.2. The van der Waals surface area contributed by atoms with Gasteiger partial charge in [0.2, 0.25) is 0 Å². The number of carbonyl (C=O) groups excluding carboxylic acids is 1. The molecule has 0 unspecified atom stereocenters. The molecule has 2 aromatic rings. The van der Waals surface area contributed by atoms with E-state index in [0.717, 1.165) is 22.2 Å². The molecule has 0 atom stereocenters. The molecule has 2 aromatic carbocycles. The van der Waals surface area contributed by atoms with Crippen LogP contribution in [0, 0.1) is 5.92 Å². The number of nitrogens with one attached hydrogen (secondary N) is 1. The monoisotopic (exact) mass is 358 g/mol. The summed E-state index contributed by atoms with van der Waals surface area (Å²) < 4.78 is 0.870. The van der Waals surface area contributed by atoms with Crippen LogP contribution in [-0.2, 0) is 0 Å². The standard InChI is InChI=1S/C18H19BrN2O/c1-13(2)11-17(14-7-4-3-5-8-14)20-21-18(22)15-9-6-10-16(19)12-15/h3-10,12-13H,11H2,1-2H3,(H,21,22)/b20-17+. The first-order chi connectivity index (χ1) is 10.6. The number of amides is 1. The molecule has 0 fully saturated rings. The highest BCUT2D eigenvalue weighted by molar-refractivity contribution is 9.10. The fourth-order valence-corrected chi connectivity index (χ4v) is 2.46. The van der Waals surface area contributed by atoms with Crippen LogP contribution in [0.4, 0.5) is 0 Å². The normalized spacial score (nSPS) is 11.5. The molecule has 2 rings (SSSR count). The molecule has 3 nitrogen and oxygen atoms in total. The van der Waals surface area contributed by atoms with Crippen LogP contribution in [0.1, 0.15) is 36.2 Å². The summed E-state index contributed by atoms with van der Waals surface area (Å²) in [5, 5.41) is 4.34. The van der Waals surface area contributed by atoms with Gasteiger partial charge in [0, 0.05) is 10.0 Å². The Bertz CT molecular complexity index is 666. The summed E-state index contributed by atoms with van der Waals surface area (Å²) in [4.78, 5) is 12.2. The van der Waals surface area contributed by atoms with Crippen molar-refractivity contribution in [1.82, 2.24) is 5.43 Å². The van der Waals surface area contributed by atoms with Crippen LogP contribution < -0.4 is 5.43 Å². The van der Waals surface area contributed by atoms with Gasteiger partial charge in [-0.25, -0.2) is 5.43 Å². The molecular formula is C18H19BrN2O. The van der Waals surface area contributed by atoms with E-state index in [2.05, 4.69) is 40.3 Å². The molecule has 22 heavy (non-hydrogen) atoms. The third-order valence-corrected chi connectivity index (χ3v) is 3.58. The molecule has 0 bridgehead atoms. The van der Waals surface area contributed by atoms with Crippen molar-refractivity contribution >= 4 is 27.5 Å². The second-order valence-electron chi connectivity index (χ2n) is 5.47. The maximum Gasteiger partial charge on any atom is 0.271 e. The van der Waals surface area contributed by atoms with E-state index in [1.165, 1.54) is 0 Å². The lowest BCUT2D eigenvalue weighted by molar-refractivity contribution is 0.0954. The zero-order valence-corrected chi connectivity index (χ0v) is 14.3. The third-order valence-electron chi connectivity index (χ3n) is 3.09. The molecular weight excluding hydrogens is 340 g/mol. The number of rotatable bonds is 5. The average Bonchev–Trinajstić information content (AvgIpc) is 2.51. The summed E-state index contributed by atoms with van der Waals surface area (Å²) in [5.74, 6) is 0.250. The number of carbonyl (C=O) groups is 1. The predicted octanol–water partition coefficient (Wildman–Crippen LogP) is 4.63. The van der Waals surface area contributed by atoms with Crippen LogP contribution in [0.15, 0.2) is 64.2 Å². The van der Waals surface area contributed by atoms with Crippen LogP contribution in [0.5, 0.6) is 0 Å². The maximum absolute atomic E-state index is 12.2. The minimum Gasteiger partial charge on any atom is -0.267 e. The highest BCUT2D eigenvalue weighted by Crippen LogP contribution is 2.12. The van der Waals surface area contributed by atoms with Crippen molar-refractivity contribution < 1.29 is 4.79 Å². The Morgan fingerprint density at radius 2 is 1.77 bits per heavy atom. The first-order valence-corrected chi connectivity index (χ1v) is 8.03. The van der Waals surface area contributed by atoms with Gasteiger partial charge in [-0.05, 0) is 36.1 Å². The van der Waals surface area contributed by atoms with Crippen LogP contribution >= 0.6 is 15.9 Å². The van der Waals surface area contributed by atoms with E-state index in [4.69, 9.17) is 0 Å². The van der Waals surface area contributed by atoms with Gasteiger partial charge in [-0.1, -0.05) is 66.2 Å². The Balaban J connectivity index is 2.18. The number of hydrogen-bond donors (Lipinski definition) is 1. The van der Waals surface area contributed by atoms with E-state index in [0.29, 0.717) is 11.5 Å². The Kier molecular flexibility index (Phi) is 5.90. The highest BCUT2D eigenvalue weighted by Gasteiger charge is 2.09. The minimum absolute atomic E-state index is 0.210. The van der Waals surface area contributed by atoms with Crippen molar-refractivity contribution in [1.29, 1.82) is 0 Å². The molecule has 0 saturated heterocycles. The summed E-state index contributed by atoms with van der Waals surface area (Å²) in [6.45, 7) is 4.27. The molecule has 0 aliphatic rings. The summed E-state index contributed by atoms with van der Waals surface area (Å²) in [5.41, 5.74) is 5.16.